The van der Waals surface area contributed by atoms with E-state index in [0.717, 1.165) is 32.7 Å². The van der Waals surface area contributed by atoms with Crippen molar-refractivity contribution in [3.63, 3.8) is 0 Å². The van der Waals surface area contributed by atoms with E-state index in [4.69, 9.17) is 0 Å². The molecular weight excluding hydrogens is 256 g/mol. The number of amides is 1. The van der Waals surface area contributed by atoms with E-state index in [1.807, 2.05) is 35.7 Å². The van der Waals surface area contributed by atoms with Crippen LogP contribution in [-0.4, -0.2) is 10.9 Å². The lowest BCUT2D eigenvalue weighted by Gasteiger charge is -1.93. The normalized spacial score (nSPS) is 16.0. The summed E-state index contributed by atoms with van der Waals surface area (Å²) in [5, 5.41) is 6.96. The summed E-state index contributed by atoms with van der Waals surface area (Å²) in [4.78, 5) is 15.2. The Kier molecular flexibility index (Phi) is 2.13. The second kappa shape index (κ2) is 3.83. The lowest BCUT2D eigenvalue weighted by atomic mass is 10.1. The molecule has 0 spiro atoms. The number of fused-ring (bicyclic) bond motifs is 2. The number of thiophene rings is 1. The first-order chi connectivity index (χ1) is 9.31. The Morgan fingerprint density at radius 2 is 2.05 bits per heavy atom. The van der Waals surface area contributed by atoms with Crippen molar-refractivity contribution in [2.75, 3.05) is 5.32 Å². The molecule has 1 aliphatic heterocycles. The molecule has 0 saturated carbocycles. The number of rotatable bonds is 1. The molecule has 19 heavy (non-hydrogen) atoms. The van der Waals surface area contributed by atoms with Crippen LogP contribution in [0.3, 0.4) is 0 Å². The van der Waals surface area contributed by atoms with Gasteiger partial charge in [-0.15, -0.1) is 11.3 Å². The number of aromatic amines is 1. The third kappa shape index (κ3) is 1.61. The summed E-state index contributed by atoms with van der Waals surface area (Å²) in [5.41, 5.74) is 3.75. The molecule has 3 aromatic rings. The van der Waals surface area contributed by atoms with E-state index in [0.29, 0.717) is 0 Å². The molecule has 0 atom stereocenters. The maximum atomic E-state index is 11.9. The number of benzene rings is 1. The maximum Gasteiger partial charge on any atom is 0.257 e. The van der Waals surface area contributed by atoms with Crippen LogP contribution in [0.1, 0.15) is 11.3 Å². The van der Waals surface area contributed by atoms with Gasteiger partial charge in [0.1, 0.15) is 5.00 Å². The van der Waals surface area contributed by atoms with Crippen molar-refractivity contribution in [1.29, 1.82) is 0 Å². The van der Waals surface area contributed by atoms with Crippen molar-refractivity contribution in [2.45, 2.75) is 0 Å². The van der Waals surface area contributed by atoms with E-state index in [2.05, 4.69) is 22.4 Å². The standard InChI is InChI=1S/C15H10N2OS/c18-14-12(11-5-6-19-15(11)17-14)8-10-7-9-3-1-2-4-13(9)16-10/h1-8,16H,(H,17,18)/b12-8+. The molecule has 4 rings (SSSR count). The van der Waals surface area contributed by atoms with Gasteiger partial charge in [-0.25, -0.2) is 0 Å². The molecule has 0 unspecified atom stereocenters. The van der Waals surface area contributed by atoms with Crippen LogP contribution in [0, 0.1) is 0 Å². The summed E-state index contributed by atoms with van der Waals surface area (Å²) in [7, 11) is 0. The highest BCUT2D eigenvalue weighted by Gasteiger charge is 2.25. The van der Waals surface area contributed by atoms with E-state index >= 15 is 0 Å². The Labute approximate surface area is 113 Å². The quantitative estimate of drug-likeness (QED) is 0.648. The highest BCUT2D eigenvalue weighted by atomic mass is 32.1. The lowest BCUT2D eigenvalue weighted by molar-refractivity contribution is -0.110. The fourth-order valence-corrected chi connectivity index (χ4v) is 3.18. The zero-order chi connectivity index (χ0) is 12.8. The third-order valence-corrected chi connectivity index (χ3v) is 4.11. The molecular formula is C15H10N2OS. The van der Waals surface area contributed by atoms with Gasteiger partial charge >= 0.3 is 0 Å². The van der Waals surface area contributed by atoms with Crippen LogP contribution in [0.5, 0.6) is 0 Å². The minimum Gasteiger partial charge on any atom is -0.355 e. The van der Waals surface area contributed by atoms with Gasteiger partial charge in [0.05, 0.1) is 5.57 Å². The van der Waals surface area contributed by atoms with Crippen molar-refractivity contribution in [2.24, 2.45) is 0 Å². The summed E-state index contributed by atoms with van der Waals surface area (Å²) >= 11 is 1.55. The van der Waals surface area contributed by atoms with Crippen molar-refractivity contribution in [3.8, 4) is 0 Å². The predicted molar refractivity (Wildman–Crippen MR) is 79.1 cm³/mol. The van der Waals surface area contributed by atoms with Crippen molar-refractivity contribution >= 4 is 44.8 Å². The summed E-state index contributed by atoms with van der Waals surface area (Å²) in [5.74, 6) is -0.0273. The van der Waals surface area contributed by atoms with Crippen molar-refractivity contribution in [3.05, 3.63) is 53.0 Å². The Balaban J connectivity index is 1.85. The van der Waals surface area contributed by atoms with Gasteiger partial charge < -0.3 is 10.3 Å². The number of carbonyl (C=O) groups is 1. The van der Waals surface area contributed by atoms with Gasteiger partial charge in [0.25, 0.3) is 5.91 Å². The number of hydrogen-bond donors (Lipinski definition) is 2. The predicted octanol–water partition coefficient (Wildman–Crippen LogP) is 3.72. The molecule has 0 aliphatic carbocycles. The molecule has 0 fully saturated rings. The Morgan fingerprint density at radius 1 is 1.16 bits per heavy atom. The van der Waals surface area contributed by atoms with Gasteiger partial charge in [-0.2, -0.15) is 0 Å². The Hall–Kier alpha value is -2.33. The summed E-state index contributed by atoms with van der Waals surface area (Å²) < 4.78 is 0. The average molecular weight is 266 g/mol. The third-order valence-electron chi connectivity index (χ3n) is 3.28. The molecule has 0 bridgehead atoms. The van der Waals surface area contributed by atoms with Gasteiger partial charge in [-0.3, -0.25) is 4.79 Å². The zero-order valence-corrected chi connectivity index (χ0v) is 10.8. The van der Waals surface area contributed by atoms with Crippen molar-refractivity contribution < 1.29 is 4.79 Å². The number of anilines is 1. The van der Waals surface area contributed by atoms with Gasteiger partial charge in [0, 0.05) is 16.8 Å². The fraction of sp³-hybridized carbons (Fsp3) is 0. The summed E-state index contributed by atoms with van der Waals surface area (Å²) in [6.07, 6.45) is 1.91. The van der Waals surface area contributed by atoms with E-state index in [1.165, 1.54) is 0 Å². The minimum atomic E-state index is -0.0273. The SMILES string of the molecule is O=C1Nc2sccc2/C1=C\c1cc2ccccc2[nH]1. The van der Waals surface area contributed by atoms with Crippen molar-refractivity contribution in [1.82, 2.24) is 4.98 Å². The van der Waals surface area contributed by atoms with Gasteiger partial charge in [-0.1, -0.05) is 18.2 Å². The Bertz CT molecular complexity index is 792. The topological polar surface area (TPSA) is 44.9 Å². The molecule has 1 aliphatic rings. The monoisotopic (exact) mass is 266 g/mol. The molecule has 2 aromatic heterocycles. The average Bonchev–Trinajstić information content (AvgIpc) is 3.06. The molecule has 1 aromatic carbocycles. The minimum absolute atomic E-state index is 0.0273. The zero-order valence-electron chi connectivity index (χ0n) is 9.94. The van der Waals surface area contributed by atoms with Crippen LogP contribution in [-0.2, 0) is 4.79 Å². The lowest BCUT2D eigenvalue weighted by Crippen LogP contribution is -2.03. The smallest absolute Gasteiger partial charge is 0.257 e. The molecule has 4 heteroatoms. The van der Waals surface area contributed by atoms with Crippen LogP contribution >= 0.6 is 11.3 Å². The highest BCUT2D eigenvalue weighted by Crippen LogP contribution is 2.37. The largest absolute Gasteiger partial charge is 0.355 e. The first-order valence-electron chi connectivity index (χ1n) is 6.00. The second-order valence-corrected chi connectivity index (χ2v) is 5.40. The molecule has 0 radical (unpaired) electrons. The van der Waals surface area contributed by atoms with Gasteiger partial charge in [-0.05, 0) is 35.0 Å². The number of aromatic nitrogens is 1. The van der Waals surface area contributed by atoms with Crippen LogP contribution in [0.4, 0.5) is 5.00 Å². The Morgan fingerprint density at radius 3 is 2.95 bits per heavy atom. The van der Waals surface area contributed by atoms with E-state index in [-0.39, 0.29) is 5.91 Å². The molecule has 1 amide bonds. The molecule has 92 valence electrons. The fourth-order valence-electron chi connectivity index (χ4n) is 2.38. The highest BCUT2D eigenvalue weighted by molar-refractivity contribution is 7.15. The van der Waals surface area contributed by atoms with E-state index < -0.39 is 0 Å². The number of para-hydroxylation sites is 1. The van der Waals surface area contributed by atoms with E-state index in [9.17, 15) is 4.79 Å². The number of H-pyrrole nitrogens is 1. The molecule has 2 N–H and O–H groups in total. The van der Waals surface area contributed by atoms with Crippen LogP contribution in [0.25, 0.3) is 22.6 Å². The molecule has 3 nitrogen and oxygen atoms in total. The number of nitrogens with one attached hydrogen (secondary N) is 2. The van der Waals surface area contributed by atoms with Crippen LogP contribution in [0.15, 0.2) is 41.8 Å². The molecule has 0 saturated heterocycles. The second-order valence-electron chi connectivity index (χ2n) is 4.49. The first kappa shape index (κ1) is 10.6. The number of carbonyl (C=O) groups excluding carboxylic acids is 1. The summed E-state index contributed by atoms with van der Waals surface area (Å²) in [6.45, 7) is 0. The maximum absolute atomic E-state index is 11.9. The summed E-state index contributed by atoms with van der Waals surface area (Å²) in [6, 6.07) is 12.1. The molecule has 3 heterocycles. The number of hydrogen-bond acceptors (Lipinski definition) is 2. The van der Waals surface area contributed by atoms with Gasteiger partial charge in [0.15, 0.2) is 0 Å². The van der Waals surface area contributed by atoms with E-state index in [1.54, 1.807) is 11.3 Å². The van der Waals surface area contributed by atoms with Gasteiger partial charge in [0.2, 0.25) is 0 Å². The first-order valence-corrected chi connectivity index (χ1v) is 6.88. The van der Waals surface area contributed by atoms with Crippen LogP contribution in [0.2, 0.25) is 0 Å². The van der Waals surface area contributed by atoms with Crippen LogP contribution < -0.4 is 5.32 Å².